The minimum Gasteiger partial charge on any atom is -0.386 e. The van der Waals surface area contributed by atoms with Crippen molar-refractivity contribution in [1.82, 2.24) is 19.1 Å². The number of hydrogen-bond acceptors (Lipinski definition) is 7. The summed E-state index contributed by atoms with van der Waals surface area (Å²) in [5, 5.41) is 20.0. The molecule has 9 nitrogen and oxygen atoms in total. The molecule has 1 aliphatic heterocycles. The van der Waals surface area contributed by atoms with Crippen LogP contribution in [0.5, 0.6) is 0 Å². The lowest BCUT2D eigenvalue weighted by Crippen LogP contribution is -2.65. The Morgan fingerprint density at radius 3 is 2.58 bits per heavy atom. The lowest BCUT2D eigenvalue weighted by molar-refractivity contribution is -0.0101. The molecule has 0 amide bonds. The first-order valence-corrected chi connectivity index (χ1v) is 11.3. The number of aromatic nitrogens is 4. The number of anilines is 1. The first kappa shape index (κ1) is 24.0. The number of nitrogens with zero attached hydrogens (tertiary/aromatic N) is 6. The van der Waals surface area contributed by atoms with Crippen LogP contribution in [0.25, 0.3) is 16.9 Å². The van der Waals surface area contributed by atoms with Crippen LogP contribution < -0.4 is 16.1 Å². The maximum absolute atomic E-state index is 13.9. The molecular weight excluding hydrogens is 501 g/mol. The van der Waals surface area contributed by atoms with Crippen LogP contribution in [0.4, 0.5) is 19.0 Å². The molecule has 1 saturated carbocycles. The third-order valence-electron chi connectivity index (χ3n) is 6.41. The molecule has 3 heterocycles. The van der Waals surface area contributed by atoms with E-state index in [1.807, 2.05) is 6.07 Å². The molecule has 0 spiro atoms. The molecule has 1 N–H and O–H groups in total. The summed E-state index contributed by atoms with van der Waals surface area (Å²) in [6, 6.07) is 5.38. The summed E-state index contributed by atoms with van der Waals surface area (Å²) in [6.45, 7) is -0.292. The molecule has 1 saturated heterocycles. The molecule has 0 atom stereocenters. The van der Waals surface area contributed by atoms with Gasteiger partial charge in [0.25, 0.3) is 12.0 Å². The third kappa shape index (κ3) is 3.94. The van der Waals surface area contributed by atoms with Crippen molar-refractivity contribution in [2.45, 2.75) is 31.4 Å². The van der Waals surface area contributed by atoms with Crippen LogP contribution in [0.2, 0.25) is 5.02 Å². The van der Waals surface area contributed by atoms with Gasteiger partial charge < -0.3 is 10.0 Å². The highest BCUT2D eigenvalue weighted by Crippen LogP contribution is 2.46. The van der Waals surface area contributed by atoms with E-state index in [1.165, 1.54) is 12.1 Å². The molecule has 0 radical (unpaired) electrons. The van der Waals surface area contributed by atoms with E-state index in [4.69, 9.17) is 11.6 Å². The van der Waals surface area contributed by atoms with Crippen LogP contribution >= 0.6 is 11.6 Å². The van der Waals surface area contributed by atoms with Gasteiger partial charge in [-0.15, -0.1) is 0 Å². The second kappa shape index (κ2) is 8.76. The topological polar surface area (TPSA) is 117 Å². The summed E-state index contributed by atoms with van der Waals surface area (Å²) in [5.41, 5.74) is -3.71. The van der Waals surface area contributed by atoms with Gasteiger partial charge in [0.2, 0.25) is 0 Å². The summed E-state index contributed by atoms with van der Waals surface area (Å²) < 4.78 is 42.0. The highest BCUT2D eigenvalue weighted by molar-refractivity contribution is 6.31. The Morgan fingerprint density at radius 1 is 1.25 bits per heavy atom. The SMILES string of the molecule is N#CCn1c(N2CC(O)(C3CC3)C2)c(-c2ccc(F)c(Cl)c2)c(=O)n(-c2cncc(C(F)F)n2)c1=O. The minimum atomic E-state index is -3.01. The zero-order valence-electron chi connectivity index (χ0n) is 18.5. The first-order chi connectivity index (χ1) is 17.1. The van der Waals surface area contributed by atoms with Crippen molar-refractivity contribution >= 4 is 17.4 Å². The van der Waals surface area contributed by atoms with E-state index in [0.29, 0.717) is 4.57 Å². The van der Waals surface area contributed by atoms with E-state index in [1.54, 1.807) is 4.90 Å². The van der Waals surface area contributed by atoms with Crippen molar-refractivity contribution in [3.05, 3.63) is 68.0 Å². The average Bonchev–Trinajstić information content (AvgIpc) is 3.67. The highest BCUT2D eigenvalue weighted by atomic mass is 35.5. The van der Waals surface area contributed by atoms with Gasteiger partial charge in [0.05, 0.1) is 42.1 Å². The number of nitriles is 1. The molecule has 0 unspecified atom stereocenters. The number of β-amino-alcohol motifs (C(OH)–C–C–N with tert-alkyl or cyclic N) is 1. The van der Waals surface area contributed by atoms with Crippen molar-refractivity contribution in [2.24, 2.45) is 5.92 Å². The number of rotatable bonds is 6. The number of halogens is 4. The number of hydrogen-bond donors (Lipinski definition) is 1. The van der Waals surface area contributed by atoms with Gasteiger partial charge in [-0.05, 0) is 36.5 Å². The molecule has 1 aliphatic carbocycles. The van der Waals surface area contributed by atoms with Crippen LogP contribution in [-0.2, 0) is 6.54 Å². The second-order valence-electron chi connectivity index (χ2n) is 8.83. The lowest BCUT2D eigenvalue weighted by atomic mass is 9.88. The monoisotopic (exact) mass is 518 g/mol. The molecule has 2 fully saturated rings. The van der Waals surface area contributed by atoms with Crippen LogP contribution in [0.15, 0.2) is 40.2 Å². The van der Waals surface area contributed by atoms with Crippen LogP contribution in [0.1, 0.15) is 25.0 Å². The maximum atomic E-state index is 13.9. The molecule has 2 aliphatic rings. The fraction of sp³-hybridized carbons (Fsp3) is 0.348. The number of benzene rings is 1. The van der Waals surface area contributed by atoms with Gasteiger partial charge in [-0.25, -0.2) is 27.5 Å². The Morgan fingerprint density at radius 2 is 1.97 bits per heavy atom. The molecule has 36 heavy (non-hydrogen) atoms. The van der Waals surface area contributed by atoms with Gasteiger partial charge in [-0.3, -0.25) is 14.3 Å². The molecule has 3 aromatic rings. The summed E-state index contributed by atoms with van der Waals surface area (Å²) in [4.78, 5) is 36.2. The van der Waals surface area contributed by atoms with Crippen molar-refractivity contribution in [3.63, 3.8) is 0 Å². The zero-order valence-corrected chi connectivity index (χ0v) is 19.3. The molecule has 13 heteroatoms. The molecule has 186 valence electrons. The molecular formula is C23H18ClF3N6O3. The molecule has 0 bridgehead atoms. The lowest BCUT2D eigenvalue weighted by Gasteiger charge is -2.49. The first-order valence-electron chi connectivity index (χ1n) is 10.9. The van der Waals surface area contributed by atoms with Crippen molar-refractivity contribution < 1.29 is 18.3 Å². The van der Waals surface area contributed by atoms with Gasteiger partial charge in [-0.2, -0.15) is 5.26 Å². The summed E-state index contributed by atoms with van der Waals surface area (Å²) in [5.74, 6) is -1.07. The summed E-state index contributed by atoms with van der Waals surface area (Å²) in [7, 11) is 0. The fourth-order valence-electron chi connectivity index (χ4n) is 4.52. The predicted molar refractivity (Wildman–Crippen MR) is 123 cm³/mol. The van der Waals surface area contributed by atoms with Gasteiger partial charge in [-0.1, -0.05) is 17.7 Å². The maximum Gasteiger partial charge on any atom is 0.339 e. The largest absolute Gasteiger partial charge is 0.386 e. The van der Waals surface area contributed by atoms with E-state index in [2.05, 4.69) is 9.97 Å². The van der Waals surface area contributed by atoms with Crippen molar-refractivity contribution in [2.75, 3.05) is 18.0 Å². The smallest absolute Gasteiger partial charge is 0.339 e. The Hall–Kier alpha value is -3.69. The summed E-state index contributed by atoms with van der Waals surface area (Å²) >= 11 is 5.97. The van der Waals surface area contributed by atoms with Crippen LogP contribution in [0.3, 0.4) is 0 Å². The Labute approximate surface area is 206 Å². The van der Waals surface area contributed by atoms with E-state index in [-0.39, 0.29) is 41.0 Å². The van der Waals surface area contributed by atoms with Crippen molar-refractivity contribution in [3.8, 4) is 23.0 Å². The molecule has 1 aromatic carbocycles. The normalized spacial score (nSPS) is 16.6. The Balaban J connectivity index is 1.79. The number of aliphatic hydroxyl groups is 1. The van der Waals surface area contributed by atoms with E-state index in [9.17, 15) is 33.1 Å². The predicted octanol–water partition coefficient (Wildman–Crippen LogP) is 2.67. The minimum absolute atomic E-state index is 0.0359. The van der Waals surface area contributed by atoms with Crippen molar-refractivity contribution in [1.29, 1.82) is 5.26 Å². The fourth-order valence-corrected chi connectivity index (χ4v) is 4.70. The molecule has 5 rings (SSSR count). The second-order valence-corrected chi connectivity index (χ2v) is 9.24. The van der Waals surface area contributed by atoms with Gasteiger partial charge >= 0.3 is 5.69 Å². The van der Waals surface area contributed by atoms with E-state index < -0.39 is 47.1 Å². The Bertz CT molecular complexity index is 1520. The third-order valence-corrected chi connectivity index (χ3v) is 6.70. The van der Waals surface area contributed by atoms with Crippen LogP contribution in [0, 0.1) is 23.1 Å². The number of alkyl halides is 2. The van der Waals surface area contributed by atoms with E-state index in [0.717, 1.165) is 35.9 Å². The quantitative estimate of drug-likeness (QED) is 0.533. The zero-order chi connectivity index (χ0) is 25.8. The highest BCUT2D eigenvalue weighted by Gasteiger charge is 2.53. The summed E-state index contributed by atoms with van der Waals surface area (Å²) in [6.07, 6.45) is 0.487. The van der Waals surface area contributed by atoms with E-state index >= 15 is 0 Å². The van der Waals surface area contributed by atoms with Crippen LogP contribution in [-0.4, -0.2) is 42.9 Å². The standard InChI is InChI=1S/C23H18ClF3N6O3/c24-14-7-12(1-4-15(14)25)18-20(31-10-23(36,11-31)13-2-3-13)32(6-5-28)22(35)33(21(18)34)17-9-29-8-16(30-17)19(26)27/h1,4,7-9,13,19,36H,2-3,6,10-11H2. The van der Waals surface area contributed by atoms with Gasteiger partial charge in [0.15, 0.2) is 5.82 Å². The van der Waals surface area contributed by atoms with Gasteiger partial charge in [0.1, 0.15) is 29.5 Å². The average molecular weight is 519 g/mol. The van der Waals surface area contributed by atoms with Gasteiger partial charge in [0, 0.05) is 0 Å². The molecule has 2 aromatic heterocycles. The Kier molecular flexibility index (Phi) is 5.84.